The lowest BCUT2D eigenvalue weighted by Crippen LogP contribution is -2.51. The van der Waals surface area contributed by atoms with E-state index >= 15 is 0 Å². The molecule has 0 N–H and O–H groups in total. The number of oxime groups is 1. The predicted octanol–water partition coefficient (Wildman–Crippen LogP) is 7.45. The van der Waals surface area contributed by atoms with E-state index in [1.165, 1.54) is 70.9 Å². The van der Waals surface area contributed by atoms with E-state index in [1.807, 2.05) is 6.08 Å². The Morgan fingerprint density at radius 3 is 2.47 bits per heavy atom. The number of carbonyl (C=O) groups is 2. The maximum Gasteiger partial charge on any atom is 0.303 e. The van der Waals surface area contributed by atoms with Crippen molar-refractivity contribution in [1.82, 2.24) is 0 Å². The third-order valence-electron chi connectivity index (χ3n) is 12.7. The lowest BCUT2D eigenvalue weighted by molar-refractivity contribution is -0.213. The molecule has 4 fully saturated rings. The van der Waals surface area contributed by atoms with Crippen LogP contribution in [0.4, 0.5) is 0 Å². The second-order valence-electron chi connectivity index (χ2n) is 15.3. The van der Waals surface area contributed by atoms with E-state index in [4.69, 9.17) is 28.9 Å². The van der Waals surface area contributed by atoms with Gasteiger partial charge < -0.3 is 23.8 Å². The van der Waals surface area contributed by atoms with E-state index in [0.717, 1.165) is 49.9 Å². The fraction of sp³-hybridized carbons (Fsp3) is 0.811. The molecule has 0 aromatic carbocycles. The highest BCUT2D eigenvalue weighted by Gasteiger charge is 2.59. The van der Waals surface area contributed by atoms with Gasteiger partial charge in [-0.2, -0.15) is 0 Å². The number of nitrogens with zero attached hydrogens (tertiary/aromatic N) is 1. The van der Waals surface area contributed by atoms with Crippen LogP contribution in [0, 0.1) is 34.5 Å². The molecule has 0 bridgehead atoms. The number of rotatable bonds is 8. The van der Waals surface area contributed by atoms with Gasteiger partial charge in [0.25, 0.3) is 0 Å². The van der Waals surface area contributed by atoms with Crippen LogP contribution in [0.2, 0.25) is 0 Å². The minimum atomic E-state index is -0.610. The van der Waals surface area contributed by atoms with Gasteiger partial charge in [-0.05, 0) is 125 Å². The highest BCUT2D eigenvalue weighted by atomic mass is 16.7. The summed E-state index contributed by atoms with van der Waals surface area (Å²) in [5.74, 6) is 1.92. The summed E-state index contributed by atoms with van der Waals surface area (Å²) in [7, 11) is 0. The number of hydrogen-bond donors (Lipinski definition) is 0. The van der Waals surface area contributed by atoms with Gasteiger partial charge in [0.2, 0.25) is 0 Å². The third kappa shape index (κ3) is 6.79. The van der Waals surface area contributed by atoms with E-state index in [2.05, 4.69) is 26.8 Å². The summed E-state index contributed by atoms with van der Waals surface area (Å²) in [6.07, 6.45) is 20.3. The van der Waals surface area contributed by atoms with Gasteiger partial charge in [-0.3, -0.25) is 9.59 Å². The van der Waals surface area contributed by atoms with E-state index < -0.39 is 30.4 Å². The van der Waals surface area contributed by atoms with E-state index in [0.29, 0.717) is 17.4 Å². The Balaban J connectivity index is 1.09. The number of carbonyl (C=O) groups excluding carboxylic acids is 2. The Morgan fingerprint density at radius 1 is 0.911 bits per heavy atom. The molecule has 4 saturated carbocycles. The fourth-order valence-corrected chi connectivity index (χ4v) is 10.3. The van der Waals surface area contributed by atoms with Gasteiger partial charge in [-0.1, -0.05) is 37.1 Å². The minimum Gasteiger partial charge on any atom is -0.463 e. The van der Waals surface area contributed by atoms with Crippen molar-refractivity contribution in [2.45, 2.75) is 149 Å². The van der Waals surface area contributed by atoms with Gasteiger partial charge in [-0.15, -0.1) is 0 Å². The highest BCUT2D eigenvalue weighted by Crippen LogP contribution is 2.66. The van der Waals surface area contributed by atoms with Gasteiger partial charge >= 0.3 is 11.9 Å². The monoisotopic (exact) mass is 625 g/mol. The predicted molar refractivity (Wildman–Crippen MR) is 171 cm³/mol. The molecule has 0 radical (unpaired) electrons. The summed E-state index contributed by atoms with van der Waals surface area (Å²) in [6.45, 7) is 10.1. The minimum absolute atomic E-state index is 0.00824. The molecule has 45 heavy (non-hydrogen) atoms. The number of allylic oxidation sites excluding steroid dienone is 1. The van der Waals surface area contributed by atoms with Crippen molar-refractivity contribution in [3.8, 4) is 0 Å². The first-order valence-corrected chi connectivity index (χ1v) is 17.8. The lowest BCUT2D eigenvalue weighted by Gasteiger charge is -2.58. The smallest absolute Gasteiger partial charge is 0.303 e. The standard InChI is InChI=1S/C37H55NO7/c1-23(38-45-27-9-7-6-8-10-27)30-13-14-31-29-12-11-26-21-28(17-19-36(26,4)32(29)18-20-37(30,31)5)43-35-16-15-33(42-25(3)40)34(44-35)22-41-24(2)39/h11,15-16,27-35H,6-10,12-14,17-22H2,1-5H3/b38-23+/t28?,29?,30-,31?,32?,33+,34-,35?,36+,37-/m1/s1. The first-order chi connectivity index (χ1) is 21.6. The molecule has 8 nitrogen and oxygen atoms in total. The zero-order chi connectivity index (χ0) is 31.8. The molecule has 10 atom stereocenters. The third-order valence-corrected chi connectivity index (χ3v) is 12.7. The molecule has 6 rings (SSSR count). The van der Waals surface area contributed by atoms with Crippen molar-refractivity contribution in [2.24, 2.45) is 39.7 Å². The van der Waals surface area contributed by atoms with Crippen molar-refractivity contribution in [3.05, 3.63) is 23.8 Å². The maximum absolute atomic E-state index is 11.6. The Hall–Kier alpha value is -2.19. The van der Waals surface area contributed by atoms with Crippen LogP contribution in [0.3, 0.4) is 0 Å². The van der Waals surface area contributed by atoms with Crippen LogP contribution in [0.15, 0.2) is 29.0 Å². The molecular formula is C37H55NO7. The summed E-state index contributed by atoms with van der Waals surface area (Å²) in [5.41, 5.74) is 3.32. The Labute approximate surface area is 269 Å². The molecular weight excluding hydrogens is 570 g/mol. The van der Waals surface area contributed by atoms with Crippen LogP contribution in [0.5, 0.6) is 0 Å². The van der Waals surface area contributed by atoms with Crippen molar-refractivity contribution >= 4 is 17.7 Å². The molecule has 0 amide bonds. The van der Waals surface area contributed by atoms with E-state index in [9.17, 15) is 9.59 Å². The number of ether oxygens (including phenoxy) is 4. The average molecular weight is 626 g/mol. The number of esters is 2. The van der Waals surface area contributed by atoms with Crippen LogP contribution in [-0.2, 0) is 33.4 Å². The lowest BCUT2D eigenvalue weighted by atomic mass is 9.47. The Kier molecular flexibility index (Phi) is 9.82. The normalized spacial score (nSPS) is 41.7. The first-order valence-electron chi connectivity index (χ1n) is 17.8. The first kappa shape index (κ1) is 32.7. The molecule has 0 aromatic heterocycles. The van der Waals surface area contributed by atoms with E-state index in [-0.39, 0.29) is 18.1 Å². The molecule has 5 unspecified atom stereocenters. The average Bonchev–Trinajstić information content (AvgIpc) is 3.37. The fourth-order valence-electron chi connectivity index (χ4n) is 10.3. The summed E-state index contributed by atoms with van der Waals surface area (Å²) in [6, 6.07) is 0. The molecule has 0 saturated heterocycles. The van der Waals surface area contributed by atoms with Crippen LogP contribution < -0.4 is 0 Å². The van der Waals surface area contributed by atoms with Gasteiger partial charge in [0.05, 0.1) is 11.8 Å². The molecule has 1 aliphatic heterocycles. The molecule has 1 heterocycles. The van der Waals surface area contributed by atoms with Crippen molar-refractivity contribution in [3.63, 3.8) is 0 Å². The second-order valence-corrected chi connectivity index (χ2v) is 15.3. The van der Waals surface area contributed by atoms with Crippen LogP contribution >= 0.6 is 0 Å². The quantitative estimate of drug-likeness (QED) is 0.120. The molecule has 0 spiro atoms. The van der Waals surface area contributed by atoms with E-state index in [1.54, 1.807) is 11.6 Å². The number of fused-ring (bicyclic) bond motifs is 5. The zero-order valence-corrected chi connectivity index (χ0v) is 28.1. The second kappa shape index (κ2) is 13.5. The van der Waals surface area contributed by atoms with Gasteiger partial charge in [-0.25, -0.2) is 0 Å². The van der Waals surface area contributed by atoms with Gasteiger partial charge in [0, 0.05) is 19.8 Å². The molecule has 250 valence electrons. The van der Waals surface area contributed by atoms with Crippen molar-refractivity contribution in [1.29, 1.82) is 0 Å². The molecule has 5 aliphatic carbocycles. The Bertz CT molecular complexity index is 1190. The summed E-state index contributed by atoms with van der Waals surface area (Å²) >= 11 is 0. The molecule has 0 aromatic rings. The topological polar surface area (TPSA) is 92.7 Å². The largest absolute Gasteiger partial charge is 0.463 e. The SMILES string of the molecule is CC(=O)OC[C@H]1OC(OC2CC[C@@]3(C)C(=CCC4C3CC[C@@]3(C)C4CC[C@@H]3/C(C)=N/OC3CCCCC3)C2)C=C[C@@H]1OC(C)=O. The number of hydrogen-bond acceptors (Lipinski definition) is 8. The van der Waals surface area contributed by atoms with Crippen LogP contribution in [0.1, 0.15) is 118 Å². The van der Waals surface area contributed by atoms with Gasteiger partial charge in [0.15, 0.2) is 6.29 Å². The Morgan fingerprint density at radius 2 is 1.71 bits per heavy atom. The van der Waals surface area contributed by atoms with Crippen molar-refractivity contribution in [2.75, 3.05) is 6.61 Å². The highest BCUT2D eigenvalue weighted by molar-refractivity contribution is 5.85. The molecule has 8 heteroatoms. The maximum atomic E-state index is 11.6. The zero-order valence-electron chi connectivity index (χ0n) is 28.1. The summed E-state index contributed by atoms with van der Waals surface area (Å²) < 4.78 is 23.2. The summed E-state index contributed by atoms with van der Waals surface area (Å²) in [5, 5.41) is 4.78. The van der Waals surface area contributed by atoms with Crippen molar-refractivity contribution < 1.29 is 33.4 Å². The van der Waals surface area contributed by atoms with Crippen LogP contribution in [0.25, 0.3) is 0 Å². The summed E-state index contributed by atoms with van der Waals surface area (Å²) in [4.78, 5) is 29.1. The molecule has 6 aliphatic rings. The van der Waals surface area contributed by atoms with Crippen LogP contribution in [-0.4, -0.2) is 55.0 Å². The van der Waals surface area contributed by atoms with Gasteiger partial charge in [0.1, 0.15) is 24.9 Å².